The van der Waals surface area contributed by atoms with Crippen LogP contribution in [0.2, 0.25) is 0 Å². The summed E-state index contributed by atoms with van der Waals surface area (Å²) >= 11 is 1.65. The summed E-state index contributed by atoms with van der Waals surface area (Å²) in [5, 5.41) is 5.39. The predicted molar refractivity (Wildman–Crippen MR) is 96.2 cm³/mol. The number of thiazole rings is 1. The van der Waals surface area contributed by atoms with Crippen LogP contribution in [0.3, 0.4) is 0 Å². The molecule has 112 valence electrons. The third-order valence-corrected chi connectivity index (χ3v) is 3.76. The van der Waals surface area contributed by atoms with Gasteiger partial charge < -0.3 is 10.2 Å². The molecule has 2 aromatic heterocycles. The van der Waals surface area contributed by atoms with Crippen LogP contribution in [-0.4, -0.2) is 40.9 Å². The van der Waals surface area contributed by atoms with Gasteiger partial charge in [0.15, 0.2) is 10.9 Å². The van der Waals surface area contributed by atoms with E-state index in [1.807, 2.05) is 23.0 Å². The van der Waals surface area contributed by atoms with Gasteiger partial charge in [-0.05, 0) is 6.42 Å². The Morgan fingerprint density at radius 3 is 3.00 bits per heavy atom. The molecule has 0 aromatic carbocycles. The van der Waals surface area contributed by atoms with Gasteiger partial charge in [0, 0.05) is 38.4 Å². The van der Waals surface area contributed by atoms with E-state index in [1.54, 1.807) is 11.3 Å². The molecule has 5 nitrogen and oxygen atoms in total. The molecule has 0 fully saturated rings. The second-order valence-corrected chi connectivity index (χ2v) is 5.37. The van der Waals surface area contributed by atoms with E-state index in [2.05, 4.69) is 40.4 Å². The third kappa shape index (κ3) is 4.34. The van der Waals surface area contributed by atoms with Gasteiger partial charge in [0.25, 0.3) is 0 Å². The van der Waals surface area contributed by atoms with Crippen molar-refractivity contribution >= 4 is 46.2 Å². The van der Waals surface area contributed by atoms with Crippen LogP contribution in [0, 0.1) is 0 Å². The Bertz CT molecular complexity index is 519. The number of unbranched alkanes of at least 4 members (excludes halogenated alkanes) is 1. The van der Waals surface area contributed by atoms with Crippen molar-refractivity contribution in [3.05, 3.63) is 23.5 Å². The maximum atomic E-state index is 4.55. The number of rotatable bonds is 5. The Morgan fingerprint density at radius 2 is 2.35 bits per heavy atom. The highest BCUT2D eigenvalue weighted by molar-refractivity contribution is 14.0. The molecule has 0 bridgehead atoms. The minimum absolute atomic E-state index is 0. The summed E-state index contributed by atoms with van der Waals surface area (Å²) < 4.78 is 2.05. The standard InChI is InChI=1S/C13H21N5S.HI/c1-4-5-6-17(3)12(14-2)15-9-11-10-18-7-8-19-13(18)16-11;/h7-8,10H,4-6,9H2,1-3H3,(H,14,15);1H. The zero-order chi connectivity index (χ0) is 13.7. The van der Waals surface area contributed by atoms with Crippen LogP contribution in [0.1, 0.15) is 25.5 Å². The average molecular weight is 407 g/mol. The number of halogens is 1. The van der Waals surface area contributed by atoms with E-state index in [1.165, 1.54) is 12.8 Å². The highest BCUT2D eigenvalue weighted by Gasteiger charge is 2.07. The van der Waals surface area contributed by atoms with Crippen molar-refractivity contribution in [3.63, 3.8) is 0 Å². The molecule has 0 aliphatic carbocycles. The van der Waals surface area contributed by atoms with Crippen molar-refractivity contribution in [1.82, 2.24) is 19.6 Å². The number of guanidine groups is 1. The first kappa shape index (κ1) is 17.2. The van der Waals surface area contributed by atoms with Crippen LogP contribution in [0.4, 0.5) is 0 Å². The summed E-state index contributed by atoms with van der Waals surface area (Å²) in [6.07, 6.45) is 6.45. The lowest BCUT2D eigenvalue weighted by molar-refractivity contribution is 0.464. The Kier molecular flexibility index (Phi) is 7.28. The Balaban J connectivity index is 0.00000200. The quantitative estimate of drug-likeness (QED) is 0.471. The van der Waals surface area contributed by atoms with Crippen molar-refractivity contribution in [2.75, 3.05) is 20.6 Å². The van der Waals surface area contributed by atoms with Crippen LogP contribution >= 0.6 is 35.3 Å². The first-order valence-corrected chi connectivity index (χ1v) is 7.45. The van der Waals surface area contributed by atoms with Gasteiger partial charge in [0.2, 0.25) is 0 Å². The number of aromatic nitrogens is 2. The minimum atomic E-state index is 0. The molecule has 0 unspecified atom stereocenters. The topological polar surface area (TPSA) is 44.9 Å². The van der Waals surface area contributed by atoms with E-state index in [9.17, 15) is 0 Å². The number of imidazole rings is 1. The normalized spacial score (nSPS) is 11.4. The Labute approximate surface area is 141 Å². The van der Waals surface area contributed by atoms with E-state index in [4.69, 9.17) is 0 Å². The molecule has 0 aliphatic rings. The summed E-state index contributed by atoms with van der Waals surface area (Å²) in [5.74, 6) is 0.921. The van der Waals surface area contributed by atoms with Gasteiger partial charge in [-0.2, -0.15) is 0 Å². The lowest BCUT2D eigenvalue weighted by Gasteiger charge is -2.21. The van der Waals surface area contributed by atoms with E-state index in [0.717, 1.165) is 23.2 Å². The molecule has 0 atom stereocenters. The number of nitrogens with one attached hydrogen (secondary N) is 1. The van der Waals surface area contributed by atoms with Gasteiger partial charge in [0.05, 0.1) is 12.2 Å². The molecule has 0 spiro atoms. The molecule has 2 rings (SSSR count). The van der Waals surface area contributed by atoms with Crippen molar-refractivity contribution in [3.8, 4) is 0 Å². The van der Waals surface area contributed by atoms with Gasteiger partial charge in [-0.25, -0.2) is 4.98 Å². The van der Waals surface area contributed by atoms with E-state index < -0.39 is 0 Å². The summed E-state index contributed by atoms with van der Waals surface area (Å²) in [4.78, 5) is 12.0. The molecule has 0 amide bonds. The van der Waals surface area contributed by atoms with Crippen molar-refractivity contribution < 1.29 is 0 Å². The number of hydrogen-bond donors (Lipinski definition) is 1. The summed E-state index contributed by atoms with van der Waals surface area (Å²) in [6, 6.07) is 0. The first-order valence-electron chi connectivity index (χ1n) is 6.57. The maximum Gasteiger partial charge on any atom is 0.193 e. The number of nitrogens with zero attached hydrogens (tertiary/aromatic N) is 4. The Hall–Kier alpha value is -0.830. The fourth-order valence-electron chi connectivity index (χ4n) is 1.92. The number of fused-ring (bicyclic) bond motifs is 1. The molecule has 0 saturated heterocycles. The Morgan fingerprint density at radius 1 is 1.55 bits per heavy atom. The molecule has 1 N–H and O–H groups in total. The zero-order valence-corrected chi connectivity index (χ0v) is 15.3. The predicted octanol–water partition coefficient (Wildman–Crippen LogP) is 2.82. The number of hydrogen-bond acceptors (Lipinski definition) is 3. The second-order valence-electron chi connectivity index (χ2n) is 4.50. The van der Waals surface area contributed by atoms with Gasteiger partial charge in [0.1, 0.15) is 0 Å². The first-order chi connectivity index (χ1) is 9.24. The smallest absolute Gasteiger partial charge is 0.193 e. The van der Waals surface area contributed by atoms with Crippen molar-refractivity contribution in [2.24, 2.45) is 4.99 Å². The second kappa shape index (κ2) is 8.46. The van der Waals surface area contributed by atoms with Crippen molar-refractivity contribution in [2.45, 2.75) is 26.3 Å². The molecule has 0 radical (unpaired) electrons. The lowest BCUT2D eigenvalue weighted by Crippen LogP contribution is -2.39. The zero-order valence-electron chi connectivity index (χ0n) is 12.2. The van der Waals surface area contributed by atoms with E-state index in [0.29, 0.717) is 6.54 Å². The highest BCUT2D eigenvalue weighted by atomic mass is 127. The largest absolute Gasteiger partial charge is 0.351 e. The van der Waals surface area contributed by atoms with Crippen LogP contribution in [0.5, 0.6) is 0 Å². The van der Waals surface area contributed by atoms with Gasteiger partial charge in [-0.3, -0.25) is 9.39 Å². The lowest BCUT2D eigenvalue weighted by atomic mass is 10.3. The molecule has 2 heterocycles. The molecule has 20 heavy (non-hydrogen) atoms. The van der Waals surface area contributed by atoms with E-state index >= 15 is 0 Å². The average Bonchev–Trinajstić information content (AvgIpc) is 2.97. The van der Waals surface area contributed by atoms with E-state index in [-0.39, 0.29) is 24.0 Å². The van der Waals surface area contributed by atoms with Crippen LogP contribution < -0.4 is 5.32 Å². The minimum Gasteiger partial charge on any atom is -0.351 e. The van der Waals surface area contributed by atoms with Crippen LogP contribution in [0.15, 0.2) is 22.8 Å². The SMILES string of the molecule is CCCCN(C)C(=NC)NCc1cn2ccsc2n1.I. The highest BCUT2D eigenvalue weighted by Crippen LogP contribution is 2.11. The fourth-order valence-corrected chi connectivity index (χ4v) is 2.64. The number of aliphatic imine (C=N–C) groups is 1. The molecule has 7 heteroatoms. The van der Waals surface area contributed by atoms with Crippen LogP contribution in [0.25, 0.3) is 4.96 Å². The van der Waals surface area contributed by atoms with Crippen molar-refractivity contribution in [1.29, 1.82) is 0 Å². The summed E-state index contributed by atoms with van der Waals surface area (Å²) in [6.45, 7) is 3.92. The molecular weight excluding hydrogens is 385 g/mol. The summed E-state index contributed by atoms with van der Waals surface area (Å²) in [5.41, 5.74) is 1.04. The molecular formula is C13H22IN5S. The monoisotopic (exact) mass is 407 g/mol. The van der Waals surface area contributed by atoms with Crippen LogP contribution in [-0.2, 0) is 6.54 Å². The van der Waals surface area contributed by atoms with Gasteiger partial charge in [-0.15, -0.1) is 35.3 Å². The third-order valence-electron chi connectivity index (χ3n) is 2.99. The van der Waals surface area contributed by atoms with Gasteiger partial charge >= 0.3 is 0 Å². The van der Waals surface area contributed by atoms with Gasteiger partial charge in [-0.1, -0.05) is 13.3 Å². The molecule has 0 saturated carbocycles. The fraction of sp³-hybridized carbons (Fsp3) is 0.538. The molecule has 0 aliphatic heterocycles. The maximum absolute atomic E-state index is 4.55. The summed E-state index contributed by atoms with van der Waals surface area (Å²) in [7, 11) is 3.88. The molecule has 2 aromatic rings.